The van der Waals surface area contributed by atoms with Crippen molar-refractivity contribution in [2.24, 2.45) is 0 Å². The molecule has 1 saturated heterocycles. The average molecular weight is 327 g/mol. The minimum absolute atomic E-state index is 0.0639. The van der Waals surface area contributed by atoms with Crippen LogP contribution in [0.5, 0.6) is 0 Å². The predicted molar refractivity (Wildman–Crippen MR) is 85.6 cm³/mol. The van der Waals surface area contributed by atoms with Gasteiger partial charge < -0.3 is 10.2 Å². The second-order valence-corrected chi connectivity index (χ2v) is 6.56. The minimum atomic E-state index is -0.352. The first-order valence-electron chi connectivity index (χ1n) is 7.03. The van der Waals surface area contributed by atoms with Crippen LogP contribution in [0.2, 0.25) is 5.02 Å². The summed E-state index contributed by atoms with van der Waals surface area (Å²) in [6.07, 6.45) is 1.29. The van der Waals surface area contributed by atoms with Gasteiger partial charge in [-0.05, 0) is 43.4 Å². The molecular formula is C15H19ClN2O2S. The van der Waals surface area contributed by atoms with Crippen LogP contribution in [0.3, 0.4) is 0 Å². The first kappa shape index (κ1) is 16.2. The van der Waals surface area contributed by atoms with Gasteiger partial charge in [0.15, 0.2) is 0 Å². The Kier molecular flexibility index (Phi) is 5.94. The van der Waals surface area contributed by atoms with E-state index < -0.39 is 0 Å². The van der Waals surface area contributed by atoms with Crippen molar-refractivity contribution in [2.45, 2.75) is 30.7 Å². The number of nitrogens with one attached hydrogen (secondary N) is 1. The molecule has 1 heterocycles. The molecule has 1 aromatic rings. The molecule has 0 spiro atoms. The normalized spacial score (nSPS) is 18.5. The molecule has 0 bridgehead atoms. The Morgan fingerprint density at radius 2 is 2.14 bits per heavy atom. The molecule has 1 N–H and O–H groups in total. The monoisotopic (exact) mass is 326 g/mol. The standard InChI is InChI=1S/C15H19ClN2O2S/c1-11-15(20)17-8-9-18(11)14(19)3-2-10-21-13-6-4-12(16)5-7-13/h4-7,11H,2-3,8-10H2,1H3,(H,17,20). The van der Waals surface area contributed by atoms with E-state index in [1.165, 1.54) is 0 Å². The molecule has 21 heavy (non-hydrogen) atoms. The van der Waals surface area contributed by atoms with Gasteiger partial charge in [0, 0.05) is 29.4 Å². The molecule has 6 heteroatoms. The molecule has 114 valence electrons. The Labute approximate surface area is 134 Å². The number of nitrogens with zero attached hydrogens (tertiary/aromatic N) is 1. The molecule has 4 nitrogen and oxygen atoms in total. The lowest BCUT2D eigenvalue weighted by atomic mass is 10.2. The maximum absolute atomic E-state index is 12.1. The van der Waals surface area contributed by atoms with Gasteiger partial charge in [0.2, 0.25) is 11.8 Å². The van der Waals surface area contributed by atoms with Gasteiger partial charge in [-0.15, -0.1) is 11.8 Å². The third-order valence-corrected chi connectivity index (χ3v) is 4.79. The molecule has 1 aromatic carbocycles. The molecule has 2 rings (SSSR count). The fourth-order valence-electron chi connectivity index (χ4n) is 2.21. The number of piperazine rings is 1. The summed E-state index contributed by atoms with van der Waals surface area (Å²) in [6.45, 7) is 2.93. The van der Waals surface area contributed by atoms with E-state index >= 15 is 0 Å². The largest absolute Gasteiger partial charge is 0.353 e. The van der Waals surface area contributed by atoms with Crippen molar-refractivity contribution in [1.82, 2.24) is 10.2 Å². The quantitative estimate of drug-likeness (QED) is 0.668. The summed E-state index contributed by atoms with van der Waals surface area (Å²) in [5.41, 5.74) is 0. The van der Waals surface area contributed by atoms with Gasteiger partial charge in [0.05, 0.1) is 0 Å². The van der Waals surface area contributed by atoms with Gasteiger partial charge in [-0.3, -0.25) is 9.59 Å². The zero-order valence-electron chi connectivity index (χ0n) is 12.0. The van der Waals surface area contributed by atoms with Crippen LogP contribution >= 0.6 is 23.4 Å². The zero-order chi connectivity index (χ0) is 15.2. The van der Waals surface area contributed by atoms with Crippen molar-refractivity contribution >= 4 is 35.2 Å². The predicted octanol–water partition coefficient (Wildman–Crippen LogP) is 2.56. The Bertz CT molecular complexity index is 507. The lowest BCUT2D eigenvalue weighted by Gasteiger charge is -2.32. The Morgan fingerprint density at radius 1 is 1.43 bits per heavy atom. The first-order valence-corrected chi connectivity index (χ1v) is 8.40. The summed E-state index contributed by atoms with van der Waals surface area (Å²) in [5.74, 6) is 0.876. The summed E-state index contributed by atoms with van der Waals surface area (Å²) in [6, 6.07) is 7.33. The summed E-state index contributed by atoms with van der Waals surface area (Å²) in [4.78, 5) is 26.5. The molecule has 1 unspecified atom stereocenters. The van der Waals surface area contributed by atoms with Crippen molar-refractivity contribution in [3.8, 4) is 0 Å². The first-order chi connectivity index (χ1) is 10.1. The van der Waals surface area contributed by atoms with Crippen LogP contribution in [0, 0.1) is 0 Å². The lowest BCUT2D eigenvalue weighted by Crippen LogP contribution is -2.55. The van der Waals surface area contributed by atoms with Crippen molar-refractivity contribution in [3.05, 3.63) is 29.3 Å². The van der Waals surface area contributed by atoms with E-state index in [-0.39, 0.29) is 17.9 Å². The molecule has 1 atom stereocenters. The van der Waals surface area contributed by atoms with Crippen LogP contribution in [-0.2, 0) is 9.59 Å². The van der Waals surface area contributed by atoms with Crippen LogP contribution in [0.25, 0.3) is 0 Å². The van der Waals surface area contributed by atoms with Gasteiger partial charge in [-0.25, -0.2) is 0 Å². The number of halogens is 1. The fraction of sp³-hybridized carbons (Fsp3) is 0.467. The number of rotatable bonds is 5. The molecule has 1 aliphatic rings. The highest BCUT2D eigenvalue weighted by Crippen LogP contribution is 2.21. The molecule has 1 aliphatic heterocycles. The topological polar surface area (TPSA) is 49.4 Å². The SMILES string of the molecule is CC1C(=O)NCCN1C(=O)CCCSc1ccc(Cl)cc1. The third-order valence-electron chi connectivity index (χ3n) is 3.44. The molecule has 2 amide bonds. The van der Waals surface area contributed by atoms with Gasteiger partial charge in [0.1, 0.15) is 6.04 Å². The molecular weight excluding hydrogens is 308 g/mol. The number of carbonyl (C=O) groups excluding carboxylic acids is 2. The number of benzene rings is 1. The highest BCUT2D eigenvalue weighted by molar-refractivity contribution is 7.99. The maximum atomic E-state index is 12.1. The smallest absolute Gasteiger partial charge is 0.242 e. The fourth-order valence-corrected chi connectivity index (χ4v) is 3.19. The Hall–Kier alpha value is -1.20. The highest BCUT2D eigenvalue weighted by Gasteiger charge is 2.28. The third kappa shape index (κ3) is 4.64. The van der Waals surface area contributed by atoms with Crippen LogP contribution < -0.4 is 5.32 Å². The lowest BCUT2D eigenvalue weighted by molar-refractivity contribution is -0.142. The molecule has 1 fully saturated rings. The number of hydrogen-bond donors (Lipinski definition) is 1. The van der Waals surface area contributed by atoms with E-state index in [9.17, 15) is 9.59 Å². The highest BCUT2D eigenvalue weighted by atomic mass is 35.5. The van der Waals surface area contributed by atoms with Crippen LogP contribution in [0.15, 0.2) is 29.2 Å². The van der Waals surface area contributed by atoms with Crippen molar-refractivity contribution < 1.29 is 9.59 Å². The summed E-state index contributed by atoms with van der Waals surface area (Å²) >= 11 is 7.54. The second kappa shape index (κ2) is 7.71. The number of hydrogen-bond acceptors (Lipinski definition) is 3. The van der Waals surface area contributed by atoms with Crippen molar-refractivity contribution in [1.29, 1.82) is 0 Å². The molecule has 0 aliphatic carbocycles. The summed E-state index contributed by atoms with van der Waals surface area (Å²) in [5, 5.41) is 3.49. The second-order valence-electron chi connectivity index (χ2n) is 4.96. The van der Waals surface area contributed by atoms with E-state index in [4.69, 9.17) is 11.6 Å². The van der Waals surface area contributed by atoms with Gasteiger partial charge in [0.25, 0.3) is 0 Å². The minimum Gasteiger partial charge on any atom is -0.353 e. The Balaban J connectivity index is 1.71. The van der Waals surface area contributed by atoms with Gasteiger partial charge in [-0.1, -0.05) is 11.6 Å². The maximum Gasteiger partial charge on any atom is 0.242 e. The number of thioether (sulfide) groups is 1. The number of carbonyl (C=O) groups is 2. The van der Waals surface area contributed by atoms with Crippen LogP contribution in [-0.4, -0.2) is 41.6 Å². The van der Waals surface area contributed by atoms with E-state index in [2.05, 4.69) is 5.32 Å². The van der Waals surface area contributed by atoms with Crippen molar-refractivity contribution in [3.63, 3.8) is 0 Å². The molecule has 0 aromatic heterocycles. The zero-order valence-corrected chi connectivity index (χ0v) is 13.5. The molecule has 0 saturated carbocycles. The van der Waals surface area contributed by atoms with E-state index in [0.29, 0.717) is 19.5 Å². The molecule has 0 radical (unpaired) electrons. The number of amides is 2. The van der Waals surface area contributed by atoms with Gasteiger partial charge >= 0.3 is 0 Å². The summed E-state index contributed by atoms with van der Waals surface area (Å²) in [7, 11) is 0. The average Bonchev–Trinajstić information content (AvgIpc) is 2.48. The van der Waals surface area contributed by atoms with Crippen LogP contribution in [0.1, 0.15) is 19.8 Å². The van der Waals surface area contributed by atoms with E-state index in [0.717, 1.165) is 22.1 Å². The summed E-state index contributed by atoms with van der Waals surface area (Å²) < 4.78 is 0. The van der Waals surface area contributed by atoms with E-state index in [1.807, 2.05) is 24.3 Å². The Morgan fingerprint density at radius 3 is 2.86 bits per heavy atom. The van der Waals surface area contributed by atoms with Crippen molar-refractivity contribution in [2.75, 3.05) is 18.8 Å². The van der Waals surface area contributed by atoms with Crippen LogP contribution in [0.4, 0.5) is 0 Å². The van der Waals surface area contributed by atoms with Gasteiger partial charge in [-0.2, -0.15) is 0 Å². The van der Waals surface area contributed by atoms with E-state index in [1.54, 1.807) is 23.6 Å².